The van der Waals surface area contributed by atoms with Crippen molar-refractivity contribution in [2.45, 2.75) is 25.3 Å². The molecule has 3 aromatic carbocycles. The molecule has 0 saturated heterocycles. The summed E-state index contributed by atoms with van der Waals surface area (Å²) in [6, 6.07) is 25.1. The summed E-state index contributed by atoms with van der Waals surface area (Å²) in [6.45, 7) is 0.506. The normalized spacial score (nSPS) is 10.7. The molecule has 0 bridgehead atoms. The van der Waals surface area contributed by atoms with Gasteiger partial charge in [0.1, 0.15) is 24.7 Å². The van der Waals surface area contributed by atoms with E-state index in [1.54, 1.807) is 11.8 Å². The Labute approximate surface area is 197 Å². The number of fused-ring (bicyclic) bond motifs is 1. The Kier molecular flexibility index (Phi) is 7.28. The number of carbonyl (C=O) groups is 1. The fourth-order valence-electron chi connectivity index (χ4n) is 3.60. The van der Waals surface area contributed by atoms with Crippen LogP contribution in [0.3, 0.4) is 0 Å². The summed E-state index contributed by atoms with van der Waals surface area (Å²) in [5.41, 5.74) is 4.40. The zero-order valence-electron chi connectivity index (χ0n) is 18.3. The van der Waals surface area contributed by atoms with Gasteiger partial charge in [-0.05, 0) is 42.2 Å². The number of nitrogens with one attached hydrogen (secondary N) is 1. The second-order valence-electron chi connectivity index (χ2n) is 7.51. The Morgan fingerprint density at radius 2 is 1.85 bits per heavy atom. The summed E-state index contributed by atoms with van der Waals surface area (Å²) in [7, 11) is 0. The van der Waals surface area contributed by atoms with Gasteiger partial charge in [-0.2, -0.15) is 17.0 Å². The van der Waals surface area contributed by atoms with Crippen LogP contribution in [0.15, 0.2) is 72.8 Å². The van der Waals surface area contributed by atoms with Crippen LogP contribution >= 0.6 is 11.8 Å². The van der Waals surface area contributed by atoms with Crippen molar-refractivity contribution < 1.29 is 9.53 Å². The highest BCUT2D eigenvalue weighted by molar-refractivity contribution is 7.97. The van der Waals surface area contributed by atoms with Crippen LogP contribution in [0.5, 0.6) is 5.75 Å². The minimum absolute atomic E-state index is 0.117. The van der Waals surface area contributed by atoms with Gasteiger partial charge in [-0.1, -0.05) is 42.5 Å². The second kappa shape index (κ2) is 10.7. The van der Waals surface area contributed by atoms with Crippen molar-refractivity contribution in [3.05, 3.63) is 89.7 Å². The Morgan fingerprint density at radius 3 is 2.64 bits per heavy atom. The average Bonchev–Trinajstić information content (AvgIpc) is 3.17. The summed E-state index contributed by atoms with van der Waals surface area (Å²) < 4.78 is 7.89. The van der Waals surface area contributed by atoms with Gasteiger partial charge in [0, 0.05) is 11.3 Å². The molecular weight excluding hydrogens is 432 g/mol. The van der Waals surface area contributed by atoms with Gasteiger partial charge in [-0.3, -0.25) is 4.79 Å². The maximum atomic E-state index is 13.0. The number of hydrogen-bond donors (Lipinski definition) is 1. The highest BCUT2D eigenvalue weighted by Crippen LogP contribution is 2.21. The van der Waals surface area contributed by atoms with Gasteiger partial charge in [0.05, 0.1) is 29.3 Å². The minimum atomic E-state index is -0.117. The molecule has 1 aromatic heterocycles. The first kappa shape index (κ1) is 22.4. The highest BCUT2D eigenvalue weighted by atomic mass is 32.2. The first-order valence-electron chi connectivity index (χ1n) is 10.6. The number of rotatable bonds is 9. The SMILES string of the molecule is CSCc1nc2ccccc2n1CC(=O)Nc1ccccc1COc1ccc(CC#N)cc1. The van der Waals surface area contributed by atoms with Crippen molar-refractivity contribution in [2.24, 2.45) is 0 Å². The van der Waals surface area contributed by atoms with Crippen LogP contribution in [-0.4, -0.2) is 21.7 Å². The zero-order chi connectivity index (χ0) is 23.0. The molecule has 4 rings (SSSR count). The number of imidazole rings is 1. The molecule has 0 aliphatic heterocycles. The van der Waals surface area contributed by atoms with E-state index >= 15 is 0 Å². The van der Waals surface area contributed by atoms with Crippen LogP contribution in [0.1, 0.15) is 17.0 Å². The van der Waals surface area contributed by atoms with Crippen molar-refractivity contribution in [1.82, 2.24) is 9.55 Å². The third kappa shape index (κ3) is 5.54. The van der Waals surface area contributed by atoms with Gasteiger partial charge in [0.25, 0.3) is 0 Å². The second-order valence-corrected chi connectivity index (χ2v) is 8.37. The van der Waals surface area contributed by atoms with E-state index in [-0.39, 0.29) is 12.5 Å². The Balaban J connectivity index is 1.46. The molecule has 33 heavy (non-hydrogen) atoms. The molecule has 7 heteroatoms. The summed E-state index contributed by atoms with van der Waals surface area (Å²) in [4.78, 5) is 17.7. The van der Waals surface area contributed by atoms with Crippen LogP contribution in [0.2, 0.25) is 0 Å². The number of ether oxygens (including phenoxy) is 1. The molecule has 0 unspecified atom stereocenters. The smallest absolute Gasteiger partial charge is 0.244 e. The molecule has 4 aromatic rings. The molecule has 0 radical (unpaired) electrons. The fourth-order valence-corrected chi connectivity index (χ4v) is 4.08. The molecule has 1 amide bonds. The first-order valence-corrected chi connectivity index (χ1v) is 12.0. The van der Waals surface area contributed by atoms with Crippen LogP contribution in [-0.2, 0) is 30.1 Å². The van der Waals surface area contributed by atoms with Crippen molar-refractivity contribution in [3.63, 3.8) is 0 Å². The standard InChI is InChI=1S/C26H24N4O2S/c1-33-18-25-28-23-8-4-5-9-24(23)30(25)16-26(31)29-22-7-3-2-6-20(22)17-32-21-12-10-19(11-13-21)14-15-27/h2-13H,14,16-18H2,1H3,(H,29,31). The van der Waals surface area contributed by atoms with Crippen LogP contribution in [0.25, 0.3) is 11.0 Å². The Hall–Kier alpha value is -3.76. The van der Waals surface area contributed by atoms with E-state index in [0.717, 1.165) is 39.4 Å². The Bertz CT molecular complexity index is 1290. The number of anilines is 1. The van der Waals surface area contributed by atoms with Gasteiger partial charge < -0.3 is 14.6 Å². The van der Waals surface area contributed by atoms with Gasteiger partial charge in [0.2, 0.25) is 5.91 Å². The van der Waals surface area contributed by atoms with E-state index in [1.165, 1.54) is 0 Å². The topological polar surface area (TPSA) is 79.9 Å². The van der Waals surface area contributed by atoms with Crippen LogP contribution in [0.4, 0.5) is 5.69 Å². The molecule has 0 spiro atoms. The fraction of sp³-hybridized carbons (Fsp3) is 0.192. The van der Waals surface area contributed by atoms with Crippen molar-refractivity contribution >= 4 is 34.4 Å². The molecule has 166 valence electrons. The molecule has 1 heterocycles. The average molecular weight is 457 g/mol. The predicted molar refractivity (Wildman–Crippen MR) is 132 cm³/mol. The van der Waals surface area contributed by atoms with E-state index in [9.17, 15) is 4.79 Å². The summed E-state index contributed by atoms with van der Waals surface area (Å²) in [5, 5.41) is 11.8. The largest absolute Gasteiger partial charge is 0.489 e. The van der Waals surface area contributed by atoms with E-state index < -0.39 is 0 Å². The van der Waals surface area contributed by atoms with Crippen molar-refractivity contribution in [1.29, 1.82) is 5.26 Å². The number of amides is 1. The number of thioether (sulfide) groups is 1. The predicted octanol–water partition coefficient (Wildman–Crippen LogP) is 5.18. The number of benzene rings is 3. The Morgan fingerprint density at radius 1 is 1.09 bits per heavy atom. The van der Waals surface area contributed by atoms with Gasteiger partial charge in [0.15, 0.2) is 0 Å². The third-order valence-electron chi connectivity index (χ3n) is 5.20. The van der Waals surface area contributed by atoms with Crippen molar-refractivity contribution in [3.8, 4) is 11.8 Å². The lowest BCUT2D eigenvalue weighted by Gasteiger charge is -2.14. The van der Waals surface area contributed by atoms with Crippen molar-refractivity contribution in [2.75, 3.05) is 11.6 Å². The van der Waals surface area contributed by atoms with Gasteiger partial charge in [-0.15, -0.1) is 0 Å². The van der Waals surface area contributed by atoms with E-state index in [4.69, 9.17) is 10.00 Å². The summed E-state index contributed by atoms with van der Waals surface area (Å²) in [5.74, 6) is 2.22. The van der Waals surface area contributed by atoms with E-state index in [1.807, 2.05) is 83.6 Å². The highest BCUT2D eigenvalue weighted by Gasteiger charge is 2.14. The van der Waals surface area contributed by atoms with E-state index in [0.29, 0.717) is 18.8 Å². The number of para-hydroxylation sites is 3. The molecule has 0 aliphatic rings. The number of hydrogen-bond acceptors (Lipinski definition) is 5. The lowest BCUT2D eigenvalue weighted by atomic mass is 10.1. The first-order chi connectivity index (χ1) is 16.2. The molecule has 0 fully saturated rings. The minimum Gasteiger partial charge on any atom is -0.489 e. The number of carbonyl (C=O) groups excluding carboxylic acids is 1. The van der Waals surface area contributed by atoms with Gasteiger partial charge in [-0.25, -0.2) is 4.98 Å². The van der Waals surface area contributed by atoms with Gasteiger partial charge >= 0.3 is 0 Å². The molecule has 0 atom stereocenters. The van der Waals surface area contributed by atoms with Crippen LogP contribution in [0, 0.1) is 11.3 Å². The van der Waals surface area contributed by atoms with Crippen LogP contribution < -0.4 is 10.1 Å². The summed E-state index contributed by atoms with van der Waals surface area (Å²) in [6.07, 6.45) is 2.40. The number of aromatic nitrogens is 2. The molecule has 6 nitrogen and oxygen atoms in total. The monoisotopic (exact) mass is 456 g/mol. The molecule has 0 aliphatic carbocycles. The third-order valence-corrected chi connectivity index (χ3v) is 5.75. The molecule has 1 N–H and O–H groups in total. The number of nitriles is 1. The lowest BCUT2D eigenvalue weighted by Crippen LogP contribution is -2.21. The molecule has 0 saturated carbocycles. The zero-order valence-corrected chi connectivity index (χ0v) is 19.1. The van der Waals surface area contributed by atoms with E-state index in [2.05, 4.69) is 16.4 Å². The maximum Gasteiger partial charge on any atom is 0.244 e. The maximum absolute atomic E-state index is 13.0. The number of nitrogens with zero attached hydrogens (tertiary/aromatic N) is 3. The summed E-state index contributed by atoms with van der Waals surface area (Å²) >= 11 is 1.68. The molecular formula is C26H24N4O2S. The lowest BCUT2D eigenvalue weighted by molar-refractivity contribution is -0.116. The quantitative estimate of drug-likeness (QED) is 0.375.